The molecule has 4 aromatic rings. The van der Waals surface area contributed by atoms with Gasteiger partial charge >= 0.3 is 0 Å². The maximum absolute atomic E-state index is 16.1. The van der Waals surface area contributed by atoms with Crippen molar-refractivity contribution in [1.29, 1.82) is 0 Å². The highest BCUT2D eigenvalue weighted by Gasteiger charge is 2.38. The molecule has 0 unspecified atom stereocenters. The van der Waals surface area contributed by atoms with E-state index in [9.17, 15) is 0 Å². The van der Waals surface area contributed by atoms with E-state index >= 15 is 4.57 Å². The molecule has 0 spiro atoms. The smallest absolute Gasteiger partial charge is 0.152 e. The molecule has 0 aliphatic carbocycles. The molecule has 0 radical (unpaired) electrons. The predicted octanol–water partition coefficient (Wildman–Crippen LogP) is 5.35. The van der Waals surface area contributed by atoms with E-state index in [1.54, 1.807) is 0 Å². The van der Waals surface area contributed by atoms with Crippen LogP contribution in [0.3, 0.4) is 0 Å². The molecule has 0 aliphatic heterocycles. The topological polar surface area (TPSA) is 30.0 Å². The van der Waals surface area contributed by atoms with Gasteiger partial charge in [-0.2, -0.15) is 0 Å². The van der Waals surface area contributed by atoms with Gasteiger partial charge in [0.15, 0.2) is 7.14 Å². The second-order valence-corrected chi connectivity index (χ2v) is 16.2. The van der Waals surface area contributed by atoms with E-state index in [-0.39, 0.29) is 0 Å². The van der Waals surface area contributed by atoms with Gasteiger partial charge in [0, 0.05) is 106 Å². The molecule has 0 aromatic heterocycles. The first-order valence-corrected chi connectivity index (χ1v) is 16.9. The summed E-state index contributed by atoms with van der Waals surface area (Å²) in [7, 11) is 12.3. The van der Waals surface area contributed by atoms with Crippen molar-refractivity contribution in [3.8, 4) is 0 Å². The molecule has 40 heavy (non-hydrogen) atoms. The SMILES string of the molecule is CN(C)c1ccccc1P(CP(=O)(c1ccccc1N(C)C)c1ccccc1N(C)C)c1ccccc1N(C)C. The highest BCUT2D eigenvalue weighted by Crippen LogP contribution is 2.58. The van der Waals surface area contributed by atoms with Crippen LogP contribution in [0.25, 0.3) is 0 Å². The molecule has 210 valence electrons. The molecule has 7 heteroatoms. The van der Waals surface area contributed by atoms with Crippen LogP contribution in [0.4, 0.5) is 22.7 Å². The van der Waals surface area contributed by atoms with Gasteiger partial charge in [0.25, 0.3) is 0 Å². The molecule has 0 atom stereocenters. The van der Waals surface area contributed by atoms with Gasteiger partial charge in [-0.25, -0.2) is 0 Å². The Morgan fingerprint density at radius 1 is 0.475 bits per heavy atom. The van der Waals surface area contributed by atoms with Crippen LogP contribution in [0.1, 0.15) is 0 Å². The van der Waals surface area contributed by atoms with Crippen LogP contribution in [-0.4, -0.2) is 62.3 Å². The fourth-order valence-electron chi connectivity index (χ4n) is 5.20. The average molecular weight is 573 g/mol. The molecule has 5 nitrogen and oxygen atoms in total. The Kier molecular flexibility index (Phi) is 9.29. The number of para-hydroxylation sites is 4. The summed E-state index contributed by atoms with van der Waals surface area (Å²) in [5.41, 5.74) is 4.32. The second-order valence-electron chi connectivity index (χ2n) is 10.8. The summed E-state index contributed by atoms with van der Waals surface area (Å²) in [6.07, 6.45) is 0. The lowest BCUT2D eigenvalue weighted by Crippen LogP contribution is -2.31. The number of benzene rings is 4. The van der Waals surface area contributed by atoms with E-state index in [1.165, 1.54) is 10.6 Å². The molecular weight excluding hydrogens is 530 g/mol. The normalized spacial score (nSPS) is 11.4. The van der Waals surface area contributed by atoms with Crippen LogP contribution in [-0.2, 0) is 4.57 Å². The number of nitrogens with zero attached hydrogens (tertiary/aromatic N) is 4. The number of hydrogen-bond donors (Lipinski definition) is 0. The van der Waals surface area contributed by atoms with Crippen molar-refractivity contribution in [3.63, 3.8) is 0 Å². The van der Waals surface area contributed by atoms with Crippen LogP contribution in [0.15, 0.2) is 97.1 Å². The highest BCUT2D eigenvalue weighted by atomic mass is 31.2. The van der Waals surface area contributed by atoms with E-state index in [2.05, 4.69) is 121 Å². The summed E-state index contributed by atoms with van der Waals surface area (Å²) in [5.74, 6) is 0.522. The summed E-state index contributed by atoms with van der Waals surface area (Å²) < 4.78 is 16.1. The molecule has 0 saturated carbocycles. The van der Waals surface area contributed by atoms with Crippen molar-refractivity contribution >= 4 is 59.0 Å². The summed E-state index contributed by atoms with van der Waals surface area (Å²) >= 11 is 0. The van der Waals surface area contributed by atoms with Crippen molar-refractivity contribution in [1.82, 2.24) is 0 Å². The van der Waals surface area contributed by atoms with Crippen LogP contribution in [0.5, 0.6) is 0 Å². The van der Waals surface area contributed by atoms with Crippen molar-refractivity contribution < 1.29 is 4.57 Å². The van der Waals surface area contributed by atoms with E-state index in [0.717, 1.165) is 33.4 Å². The molecule has 0 saturated heterocycles. The number of rotatable bonds is 10. The monoisotopic (exact) mass is 572 g/mol. The summed E-state index contributed by atoms with van der Waals surface area (Å²) in [6, 6.07) is 33.7. The minimum absolute atomic E-state index is 0.522. The van der Waals surface area contributed by atoms with Crippen molar-refractivity contribution in [2.45, 2.75) is 0 Å². The molecule has 0 heterocycles. The Morgan fingerprint density at radius 2 is 0.775 bits per heavy atom. The molecule has 4 aromatic carbocycles. The lowest BCUT2D eigenvalue weighted by Gasteiger charge is -2.34. The third kappa shape index (κ3) is 5.92. The zero-order valence-electron chi connectivity index (χ0n) is 25.0. The lowest BCUT2D eigenvalue weighted by molar-refractivity contribution is 0.589. The van der Waals surface area contributed by atoms with Gasteiger partial charge in [0.1, 0.15) is 0 Å². The molecule has 0 N–H and O–H groups in total. The van der Waals surface area contributed by atoms with Crippen LogP contribution in [0, 0.1) is 0 Å². The molecule has 4 rings (SSSR count). The predicted molar refractivity (Wildman–Crippen MR) is 181 cm³/mol. The molecule has 0 bridgehead atoms. The highest BCUT2D eigenvalue weighted by molar-refractivity contribution is 7.92. The minimum Gasteiger partial charge on any atom is -0.377 e. The van der Waals surface area contributed by atoms with E-state index in [4.69, 9.17) is 0 Å². The maximum atomic E-state index is 16.1. The fraction of sp³-hybridized carbons (Fsp3) is 0.273. The van der Waals surface area contributed by atoms with Gasteiger partial charge in [-0.1, -0.05) is 60.7 Å². The van der Waals surface area contributed by atoms with Crippen molar-refractivity contribution in [2.75, 3.05) is 81.9 Å². The molecule has 0 fully saturated rings. The zero-order chi connectivity index (χ0) is 29.0. The second kappa shape index (κ2) is 12.5. The van der Waals surface area contributed by atoms with Crippen LogP contribution >= 0.6 is 15.1 Å². The Hall–Kier alpha value is -3.26. The number of hydrogen-bond acceptors (Lipinski definition) is 5. The Labute approximate surface area is 242 Å². The van der Waals surface area contributed by atoms with E-state index in [1.807, 2.05) is 52.5 Å². The Morgan fingerprint density at radius 3 is 1.12 bits per heavy atom. The van der Waals surface area contributed by atoms with Gasteiger partial charge in [0.2, 0.25) is 0 Å². The molecule has 0 amide bonds. The maximum Gasteiger partial charge on any atom is 0.152 e. The van der Waals surface area contributed by atoms with Gasteiger partial charge in [0.05, 0.1) is 0 Å². The molecule has 0 aliphatic rings. The van der Waals surface area contributed by atoms with Crippen LogP contribution in [0.2, 0.25) is 0 Å². The summed E-state index contributed by atoms with van der Waals surface area (Å²) in [4.78, 5) is 8.53. The Bertz CT molecular complexity index is 1390. The minimum atomic E-state index is -3.19. The third-order valence-corrected chi connectivity index (χ3v) is 14.1. The van der Waals surface area contributed by atoms with E-state index < -0.39 is 15.1 Å². The Balaban J connectivity index is 2.08. The van der Waals surface area contributed by atoms with E-state index in [0.29, 0.717) is 5.90 Å². The van der Waals surface area contributed by atoms with Crippen molar-refractivity contribution in [3.05, 3.63) is 97.1 Å². The zero-order valence-corrected chi connectivity index (χ0v) is 26.8. The third-order valence-electron chi connectivity index (χ3n) is 7.15. The average Bonchev–Trinajstić information content (AvgIpc) is 2.95. The van der Waals surface area contributed by atoms with Gasteiger partial charge < -0.3 is 24.2 Å². The van der Waals surface area contributed by atoms with Crippen molar-refractivity contribution in [2.24, 2.45) is 0 Å². The largest absolute Gasteiger partial charge is 0.377 e. The summed E-state index contributed by atoms with van der Waals surface area (Å²) in [6.45, 7) is 0. The van der Waals surface area contributed by atoms with Crippen LogP contribution < -0.4 is 40.8 Å². The first kappa shape index (κ1) is 29.7. The quantitative estimate of drug-likeness (QED) is 0.239. The first-order valence-electron chi connectivity index (χ1n) is 13.5. The summed E-state index contributed by atoms with van der Waals surface area (Å²) in [5, 5.41) is 4.29. The standard InChI is InChI=1S/C33H42N4OP2/c1-34(2)26-17-9-13-21-30(26)39(31-22-14-10-18-27(31)35(3)4)25-40(38,32-23-15-11-19-28(32)36(5)6)33-24-16-12-20-29(33)37(7)8/h9-24H,25H2,1-8H3. The lowest BCUT2D eigenvalue weighted by atomic mass is 10.3. The fourth-order valence-corrected chi connectivity index (χ4v) is 13.3. The van der Waals surface area contributed by atoms with Gasteiger partial charge in [-0.3, -0.25) is 0 Å². The first-order chi connectivity index (χ1) is 19.1. The van der Waals surface area contributed by atoms with Gasteiger partial charge in [-0.15, -0.1) is 0 Å². The van der Waals surface area contributed by atoms with Gasteiger partial charge in [-0.05, 0) is 44.3 Å². The molecular formula is C33H42N4OP2. The number of anilines is 4.